The minimum absolute atomic E-state index is 0. The van der Waals surface area contributed by atoms with Crippen LogP contribution in [0.15, 0.2) is 97.1 Å². The van der Waals surface area contributed by atoms with Crippen LogP contribution in [0, 0.1) is 42.5 Å². The second-order valence-electron chi connectivity index (χ2n) is 11.8. The molecule has 6 aromatic carbocycles. The van der Waals surface area contributed by atoms with Gasteiger partial charge in [0.25, 0.3) is 0 Å². The molecular formula is C40H44HfSi. The topological polar surface area (TPSA) is 0 Å². The van der Waals surface area contributed by atoms with E-state index in [1.807, 2.05) is 0 Å². The van der Waals surface area contributed by atoms with E-state index in [-0.39, 0.29) is 40.7 Å². The first-order valence-electron chi connectivity index (χ1n) is 14.3. The molecule has 42 heavy (non-hydrogen) atoms. The molecule has 0 saturated heterocycles. The Balaban J connectivity index is 0.00000161. The maximum atomic E-state index is 2.59. The summed E-state index contributed by atoms with van der Waals surface area (Å²) in [6.45, 7) is 13.8. The van der Waals surface area contributed by atoms with Gasteiger partial charge in [-0.25, -0.2) is 0 Å². The Labute approximate surface area is 274 Å². The van der Waals surface area contributed by atoms with Gasteiger partial charge in [-0.3, -0.25) is 0 Å². The summed E-state index contributed by atoms with van der Waals surface area (Å²) in [5.41, 5.74) is 10.7. The Morgan fingerprint density at radius 1 is 0.571 bits per heavy atom. The minimum atomic E-state index is -1.96. The Morgan fingerprint density at radius 2 is 1.00 bits per heavy atom. The summed E-state index contributed by atoms with van der Waals surface area (Å²) in [7, 11) is -1.96. The number of aryl methyl sites for hydroxylation is 4. The first kappa shape index (κ1) is 33.7. The van der Waals surface area contributed by atoms with Crippen LogP contribution in [0.5, 0.6) is 0 Å². The molecule has 0 spiro atoms. The molecule has 0 radical (unpaired) electrons. The number of fused-ring (bicyclic) bond motifs is 2. The molecule has 0 N–H and O–H groups in total. The zero-order chi connectivity index (χ0) is 27.3. The molecule has 0 aliphatic rings. The fraction of sp³-hybridized carbons (Fsp3) is 0.200. The summed E-state index contributed by atoms with van der Waals surface area (Å²) in [5, 5.41) is 8.63. The van der Waals surface area contributed by atoms with Crippen LogP contribution >= 0.6 is 0 Å². The van der Waals surface area contributed by atoms with Crippen molar-refractivity contribution in [3.8, 4) is 22.3 Å². The molecule has 6 aromatic rings. The summed E-state index contributed by atoms with van der Waals surface area (Å²) < 4.78 is 0. The van der Waals surface area contributed by atoms with Crippen LogP contribution in [0.25, 0.3) is 43.8 Å². The van der Waals surface area contributed by atoms with Gasteiger partial charge in [-0.05, 0) is 49.9 Å². The van der Waals surface area contributed by atoms with E-state index in [4.69, 9.17) is 0 Å². The van der Waals surface area contributed by atoms with Gasteiger partial charge < -0.3 is 14.9 Å². The molecule has 212 valence electrons. The van der Waals surface area contributed by atoms with Gasteiger partial charge in [0.2, 0.25) is 0 Å². The molecule has 0 aliphatic heterocycles. The zero-order valence-corrected chi connectivity index (χ0v) is 31.2. The number of rotatable bonds is 6. The van der Waals surface area contributed by atoms with Gasteiger partial charge in [0.1, 0.15) is 0 Å². The van der Waals surface area contributed by atoms with Gasteiger partial charge >= 0.3 is 25.8 Å². The average Bonchev–Trinajstić information content (AvgIpc) is 3.57. The second kappa shape index (κ2) is 13.2. The predicted molar refractivity (Wildman–Crippen MR) is 188 cm³/mol. The van der Waals surface area contributed by atoms with Crippen molar-refractivity contribution < 1.29 is 25.8 Å². The SMILES string of the molecule is CCC[Si](C)(c1cc2c(-c3cc(C)ccc3C)cccc2[cH-]1)c1cc2c(-c3cc(C)ccc3C)cccc2[cH-]1.[CH3-].[CH3-].[Hf+4]. The van der Waals surface area contributed by atoms with Crippen LogP contribution in [0.1, 0.15) is 35.6 Å². The molecule has 0 heterocycles. The molecule has 0 unspecified atom stereocenters. The summed E-state index contributed by atoms with van der Waals surface area (Å²) in [6.07, 6.45) is 1.19. The van der Waals surface area contributed by atoms with Gasteiger partial charge in [-0.1, -0.05) is 96.7 Å². The molecular weight excluding hydrogens is 687 g/mol. The third kappa shape index (κ3) is 5.86. The van der Waals surface area contributed by atoms with E-state index >= 15 is 0 Å². The third-order valence-corrected chi connectivity index (χ3v) is 13.5. The smallest absolute Gasteiger partial charge is 0.358 e. The first-order valence-corrected chi connectivity index (χ1v) is 17.0. The van der Waals surface area contributed by atoms with E-state index in [1.54, 1.807) is 10.4 Å². The monoisotopic (exact) mass is 732 g/mol. The first-order chi connectivity index (χ1) is 18.8. The Kier molecular flexibility index (Phi) is 10.6. The molecule has 0 bridgehead atoms. The van der Waals surface area contributed by atoms with Crippen molar-refractivity contribution in [2.45, 2.75) is 53.6 Å². The van der Waals surface area contributed by atoms with Gasteiger partial charge in [0, 0.05) is 0 Å². The molecule has 0 atom stereocenters. The maximum Gasteiger partial charge on any atom is 4.00 e. The van der Waals surface area contributed by atoms with E-state index in [9.17, 15) is 0 Å². The molecule has 0 aliphatic carbocycles. The van der Waals surface area contributed by atoms with E-state index in [0.717, 1.165) is 0 Å². The molecule has 0 amide bonds. The maximum absolute atomic E-state index is 2.59. The number of hydrogen-bond donors (Lipinski definition) is 0. The molecule has 2 heteroatoms. The predicted octanol–water partition coefficient (Wildman–Crippen LogP) is 10.5. The van der Waals surface area contributed by atoms with Crippen molar-refractivity contribution in [3.05, 3.63) is 134 Å². The second-order valence-corrected chi connectivity index (χ2v) is 16.1. The van der Waals surface area contributed by atoms with E-state index in [0.29, 0.717) is 0 Å². The van der Waals surface area contributed by atoms with Crippen LogP contribution < -0.4 is 10.4 Å². The van der Waals surface area contributed by atoms with Crippen molar-refractivity contribution in [1.82, 2.24) is 0 Å². The largest absolute Gasteiger partial charge is 4.00 e. The summed E-state index contributed by atoms with van der Waals surface area (Å²) >= 11 is 0. The van der Waals surface area contributed by atoms with Crippen LogP contribution in [-0.2, 0) is 25.8 Å². The van der Waals surface area contributed by atoms with Crippen molar-refractivity contribution >= 4 is 40.0 Å². The molecule has 6 rings (SSSR count). The van der Waals surface area contributed by atoms with Crippen LogP contribution in [0.4, 0.5) is 0 Å². The Hall–Kier alpha value is -2.81. The number of benzene rings is 4. The van der Waals surface area contributed by atoms with Crippen molar-refractivity contribution in [1.29, 1.82) is 0 Å². The minimum Gasteiger partial charge on any atom is -0.358 e. The summed E-state index contributed by atoms with van der Waals surface area (Å²) in [6, 6.07) is 38.7. The Bertz CT molecular complexity index is 1700. The molecule has 0 nitrogen and oxygen atoms in total. The van der Waals surface area contributed by atoms with Gasteiger partial charge in [0.05, 0.1) is 8.07 Å². The normalized spacial score (nSPS) is 11.2. The zero-order valence-electron chi connectivity index (χ0n) is 26.7. The molecule has 0 aromatic heterocycles. The van der Waals surface area contributed by atoms with Gasteiger partial charge in [0.15, 0.2) is 0 Å². The quantitative estimate of drug-likeness (QED) is 0.118. The average molecular weight is 731 g/mol. The van der Waals surface area contributed by atoms with Crippen molar-refractivity contribution in [3.63, 3.8) is 0 Å². The van der Waals surface area contributed by atoms with E-state index < -0.39 is 8.07 Å². The third-order valence-electron chi connectivity index (χ3n) is 8.89. The van der Waals surface area contributed by atoms with Gasteiger partial charge in [-0.2, -0.15) is 12.1 Å². The van der Waals surface area contributed by atoms with E-state index in [2.05, 4.69) is 138 Å². The summed E-state index contributed by atoms with van der Waals surface area (Å²) in [4.78, 5) is 0. The standard InChI is InChI=1S/C38H38Si.2CH3.Hf/c1-7-18-39(6,31-21-29-10-8-12-33(37(29)23-31)35-19-25(2)14-16-27(35)4)32-22-30-11-9-13-34(38(30)24-32)36-20-26(3)15-17-28(36)5;;;/h8-17,19-24H,7,18H2,1-6H3;2*1H3;/q-2;2*-1;+4. The fourth-order valence-electron chi connectivity index (χ4n) is 6.58. The number of hydrogen-bond acceptors (Lipinski definition) is 0. The van der Waals surface area contributed by atoms with E-state index in [1.165, 1.54) is 78.5 Å². The molecule has 0 fully saturated rings. The summed E-state index contributed by atoms with van der Waals surface area (Å²) in [5.74, 6) is 0. The fourth-order valence-corrected chi connectivity index (χ4v) is 10.4. The van der Waals surface area contributed by atoms with Crippen molar-refractivity contribution in [2.24, 2.45) is 0 Å². The van der Waals surface area contributed by atoms with Crippen LogP contribution in [0.2, 0.25) is 12.6 Å². The van der Waals surface area contributed by atoms with Crippen LogP contribution in [-0.4, -0.2) is 8.07 Å². The van der Waals surface area contributed by atoms with Crippen molar-refractivity contribution in [2.75, 3.05) is 0 Å². The van der Waals surface area contributed by atoms with Crippen LogP contribution in [0.3, 0.4) is 0 Å². The van der Waals surface area contributed by atoms with Gasteiger partial charge in [-0.15, -0.1) is 68.3 Å². The molecule has 0 saturated carbocycles. The Morgan fingerprint density at radius 3 is 1.40 bits per heavy atom.